The third-order valence-corrected chi connectivity index (χ3v) is 3.74. The Morgan fingerprint density at radius 3 is 1.31 bits per heavy atom. The second-order valence-corrected chi connectivity index (χ2v) is 5.54. The molecule has 0 aliphatic carbocycles. The van der Waals surface area contributed by atoms with Crippen molar-refractivity contribution >= 4 is 0 Å². The Morgan fingerprint density at radius 1 is 0.500 bits per heavy atom. The molecule has 0 nitrogen and oxygen atoms in total. The topological polar surface area (TPSA) is 0 Å². The molecule has 26 heavy (non-hydrogen) atoms. The molecule has 0 atom stereocenters. The molecule has 7 heteroatoms. The average Bonchev–Trinajstić information content (AvgIpc) is 2.52. The highest BCUT2D eigenvalue weighted by atomic mass is 19.2. The van der Waals surface area contributed by atoms with Gasteiger partial charge in [0.15, 0.2) is 0 Å². The molecule has 0 fully saturated rings. The standard InChI is InChI=1S/C19H9F7/c20-8-9-1-14(23)19(15(24)2-9)11-5-16(25)18(17(26)6-11)10-3-12(21)7-13(22)4-10/h1-7H,8H2. The molecule has 0 saturated heterocycles. The van der Waals surface area contributed by atoms with Crippen LogP contribution in [-0.4, -0.2) is 0 Å². The summed E-state index contributed by atoms with van der Waals surface area (Å²) < 4.78 is 95.9. The normalized spacial score (nSPS) is 11.0. The second-order valence-electron chi connectivity index (χ2n) is 5.54. The number of hydrogen-bond acceptors (Lipinski definition) is 0. The van der Waals surface area contributed by atoms with Gasteiger partial charge in [-0.25, -0.2) is 30.7 Å². The minimum Gasteiger partial charge on any atom is -0.246 e. The van der Waals surface area contributed by atoms with E-state index in [1.807, 2.05) is 0 Å². The second kappa shape index (κ2) is 6.82. The summed E-state index contributed by atoms with van der Waals surface area (Å²) in [5.74, 6) is -7.00. The van der Waals surface area contributed by atoms with Gasteiger partial charge in [0.25, 0.3) is 0 Å². The van der Waals surface area contributed by atoms with Crippen molar-refractivity contribution in [3.63, 3.8) is 0 Å². The Labute approximate surface area is 143 Å². The van der Waals surface area contributed by atoms with Crippen LogP contribution in [0.3, 0.4) is 0 Å². The Bertz CT molecular complexity index is 929. The van der Waals surface area contributed by atoms with E-state index < -0.39 is 63.8 Å². The summed E-state index contributed by atoms with van der Waals surface area (Å²) in [7, 11) is 0. The van der Waals surface area contributed by atoms with Crippen molar-refractivity contribution in [2.24, 2.45) is 0 Å². The molecule has 0 spiro atoms. The number of hydrogen-bond donors (Lipinski definition) is 0. The van der Waals surface area contributed by atoms with Crippen LogP contribution in [0.2, 0.25) is 0 Å². The summed E-state index contributed by atoms with van der Waals surface area (Å²) in [6.45, 7) is -1.11. The van der Waals surface area contributed by atoms with E-state index >= 15 is 0 Å². The van der Waals surface area contributed by atoms with Gasteiger partial charge in [-0.1, -0.05) is 0 Å². The molecule has 0 aliphatic heterocycles. The number of halogens is 7. The first kappa shape index (κ1) is 18.0. The van der Waals surface area contributed by atoms with Crippen molar-refractivity contribution in [2.45, 2.75) is 6.67 Å². The van der Waals surface area contributed by atoms with E-state index in [0.29, 0.717) is 30.3 Å². The molecule has 0 radical (unpaired) electrons. The van der Waals surface area contributed by atoms with Crippen LogP contribution >= 0.6 is 0 Å². The molecule has 0 saturated carbocycles. The lowest BCUT2D eigenvalue weighted by atomic mass is 9.97. The molecule has 0 N–H and O–H groups in total. The zero-order chi connectivity index (χ0) is 19.0. The Kier molecular flexibility index (Phi) is 4.71. The van der Waals surface area contributed by atoms with Gasteiger partial charge in [-0.15, -0.1) is 0 Å². The fraction of sp³-hybridized carbons (Fsp3) is 0.0526. The van der Waals surface area contributed by atoms with Gasteiger partial charge in [0.1, 0.15) is 41.6 Å². The highest BCUT2D eigenvalue weighted by Gasteiger charge is 2.20. The molecular formula is C19H9F7. The van der Waals surface area contributed by atoms with Gasteiger partial charge >= 0.3 is 0 Å². The van der Waals surface area contributed by atoms with Crippen molar-refractivity contribution in [3.05, 3.63) is 82.9 Å². The van der Waals surface area contributed by atoms with Crippen LogP contribution in [-0.2, 0) is 6.67 Å². The summed E-state index contributed by atoms with van der Waals surface area (Å²) in [5, 5.41) is 0. The summed E-state index contributed by atoms with van der Waals surface area (Å²) in [6, 6.07) is 4.68. The summed E-state index contributed by atoms with van der Waals surface area (Å²) in [6.07, 6.45) is 0. The van der Waals surface area contributed by atoms with Crippen molar-refractivity contribution < 1.29 is 30.7 Å². The fourth-order valence-corrected chi connectivity index (χ4v) is 2.67. The molecular weight excluding hydrogens is 361 g/mol. The monoisotopic (exact) mass is 370 g/mol. The van der Waals surface area contributed by atoms with E-state index in [1.165, 1.54) is 0 Å². The van der Waals surface area contributed by atoms with E-state index in [1.54, 1.807) is 0 Å². The maximum atomic E-state index is 14.4. The van der Waals surface area contributed by atoms with E-state index in [0.717, 1.165) is 12.1 Å². The van der Waals surface area contributed by atoms with Crippen LogP contribution < -0.4 is 0 Å². The molecule has 0 aliphatic rings. The maximum absolute atomic E-state index is 14.4. The van der Waals surface area contributed by atoms with Crippen molar-refractivity contribution in [3.8, 4) is 22.3 Å². The molecule has 3 rings (SSSR count). The van der Waals surface area contributed by atoms with Crippen molar-refractivity contribution in [1.29, 1.82) is 0 Å². The van der Waals surface area contributed by atoms with Crippen molar-refractivity contribution in [1.82, 2.24) is 0 Å². The summed E-state index contributed by atoms with van der Waals surface area (Å²) in [4.78, 5) is 0. The first-order valence-corrected chi connectivity index (χ1v) is 7.30. The van der Waals surface area contributed by atoms with Gasteiger partial charge in [-0.3, -0.25) is 0 Å². The predicted molar refractivity (Wildman–Crippen MR) is 81.9 cm³/mol. The van der Waals surface area contributed by atoms with Gasteiger partial charge in [0, 0.05) is 6.07 Å². The third-order valence-electron chi connectivity index (χ3n) is 3.74. The van der Waals surface area contributed by atoms with Crippen LogP contribution in [0.1, 0.15) is 5.56 Å². The zero-order valence-corrected chi connectivity index (χ0v) is 12.9. The summed E-state index contributed by atoms with van der Waals surface area (Å²) in [5.41, 5.74) is -2.62. The quantitative estimate of drug-likeness (QED) is 0.473. The molecule has 3 aromatic carbocycles. The molecule has 3 aromatic rings. The number of alkyl halides is 1. The molecule has 0 bridgehead atoms. The van der Waals surface area contributed by atoms with Crippen molar-refractivity contribution in [2.75, 3.05) is 0 Å². The highest BCUT2D eigenvalue weighted by molar-refractivity contribution is 5.72. The van der Waals surface area contributed by atoms with E-state index in [4.69, 9.17) is 0 Å². The predicted octanol–water partition coefficient (Wildman–Crippen LogP) is 6.32. The first-order chi connectivity index (χ1) is 12.3. The maximum Gasteiger partial charge on any atom is 0.134 e. The number of benzene rings is 3. The minimum absolute atomic E-state index is 0.267. The zero-order valence-electron chi connectivity index (χ0n) is 12.9. The largest absolute Gasteiger partial charge is 0.246 e. The Hall–Kier alpha value is -2.83. The molecule has 0 unspecified atom stereocenters. The van der Waals surface area contributed by atoms with E-state index in [-0.39, 0.29) is 5.56 Å². The van der Waals surface area contributed by atoms with Crippen LogP contribution in [0, 0.1) is 34.9 Å². The Morgan fingerprint density at radius 2 is 0.885 bits per heavy atom. The fourth-order valence-electron chi connectivity index (χ4n) is 2.67. The van der Waals surface area contributed by atoms with Gasteiger partial charge in [0.05, 0.1) is 11.1 Å². The summed E-state index contributed by atoms with van der Waals surface area (Å²) >= 11 is 0. The molecule has 0 heterocycles. The molecule has 0 aromatic heterocycles. The van der Waals surface area contributed by atoms with Crippen LogP contribution in [0.15, 0.2) is 42.5 Å². The Balaban J connectivity index is 2.17. The van der Waals surface area contributed by atoms with E-state index in [9.17, 15) is 30.7 Å². The lowest BCUT2D eigenvalue weighted by Gasteiger charge is -2.11. The smallest absolute Gasteiger partial charge is 0.134 e. The van der Waals surface area contributed by atoms with Crippen LogP contribution in [0.25, 0.3) is 22.3 Å². The first-order valence-electron chi connectivity index (χ1n) is 7.30. The third kappa shape index (κ3) is 3.29. The lowest BCUT2D eigenvalue weighted by Crippen LogP contribution is -1.98. The van der Waals surface area contributed by atoms with Gasteiger partial charge in [-0.05, 0) is 53.1 Å². The lowest BCUT2D eigenvalue weighted by molar-refractivity contribution is 0.478. The van der Waals surface area contributed by atoms with Gasteiger partial charge < -0.3 is 0 Å². The van der Waals surface area contributed by atoms with Crippen LogP contribution in [0.5, 0.6) is 0 Å². The van der Waals surface area contributed by atoms with Gasteiger partial charge in [0.2, 0.25) is 0 Å². The minimum atomic E-state index is -1.27. The molecule has 0 amide bonds. The average molecular weight is 370 g/mol. The SMILES string of the molecule is FCc1cc(F)c(-c2cc(F)c(-c3cc(F)cc(F)c3)c(F)c2)c(F)c1. The van der Waals surface area contributed by atoms with Crippen LogP contribution in [0.4, 0.5) is 30.7 Å². The van der Waals surface area contributed by atoms with Gasteiger partial charge in [-0.2, -0.15) is 0 Å². The highest BCUT2D eigenvalue weighted by Crippen LogP contribution is 2.34. The molecule has 134 valence electrons. The number of rotatable bonds is 3. The van der Waals surface area contributed by atoms with E-state index in [2.05, 4.69) is 0 Å².